The van der Waals surface area contributed by atoms with Crippen molar-refractivity contribution in [3.8, 4) is 5.75 Å². The van der Waals surface area contributed by atoms with Crippen LogP contribution in [-0.2, 0) is 4.79 Å². The van der Waals surface area contributed by atoms with Crippen LogP contribution in [0, 0.1) is 17.6 Å². The third kappa shape index (κ3) is 5.28. The van der Waals surface area contributed by atoms with Gasteiger partial charge in [-0.15, -0.1) is 0 Å². The van der Waals surface area contributed by atoms with Gasteiger partial charge in [0.25, 0.3) is 0 Å². The SMILES string of the molecule is O=C(C[C@H]1CC[C@H](Oc2ccc(F)cc2)CC1)Nc1ccc(F)cc1. The Morgan fingerprint density at radius 2 is 1.48 bits per heavy atom. The second-order valence-corrected chi connectivity index (χ2v) is 6.47. The van der Waals surface area contributed by atoms with Crippen molar-refractivity contribution in [3.05, 3.63) is 60.2 Å². The number of ether oxygens (including phenoxy) is 1. The van der Waals surface area contributed by atoms with Crippen LogP contribution in [0.4, 0.5) is 14.5 Å². The maximum Gasteiger partial charge on any atom is 0.224 e. The first-order chi connectivity index (χ1) is 12.1. The first-order valence-electron chi connectivity index (χ1n) is 8.56. The van der Waals surface area contributed by atoms with E-state index in [-0.39, 0.29) is 23.6 Å². The van der Waals surface area contributed by atoms with E-state index >= 15 is 0 Å². The lowest BCUT2D eigenvalue weighted by Gasteiger charge is -2.28. The van der Waals surface area contributed by atoms with Gasteiger partial charge in [-0.2, -0.15) is 0 Å². The number of amides is 1. The first-order valence-corrected chi connectivity index (χ1v) is 8.56. The fourth-order valence-corrected chi connectivity index (χ4v) is 3.17. The van der Waals surface area contributed by atoms with Gasteiger partial charge in [-0.05, 0) is 80.1 Å². The van der Waals surface area contributed by atoms with Gasteiger partial charge in [-0.1, -0.05) is 0 Å². The number of hydrogen-bond donors (Lipinski definition) is 1. The normalized spacial score (nSPS) is 20.1. The van der Waals surface area contributed by atoms with Crippen molar-refractivity contribution in [1.82, 2.24) is 0 Å². The molecule has 2 aromatic carbocycles. The number of halogens is 2. The minimum absolute atomic E-state index is 0.0467. The van der Waals surface area contributed by atoms with Gasteiger partial charge in [0.1, 0.15) is 17.4 Å². The average Bonchev–Trinajstić information content (AvgIpc) is 2.61. The van der Waals surface area contributed by atoms with Gasteiger partial charge >= 0.3 is 0 Å². The van der Waals surface area contributed by atoms with Crippen LogP contribution in [0.5, 0.6) is 5.75 Å². The molecule has 1 fully saturated rings. The van der Waals surface area contributed by atoms with E-state index in [1.54, 1.807) is 24.3 Å². The predicted molar refractivity (Wildman–Crippen MR) is 92.4 cm³/mol. The van der Waals surface area contributed by atoms with E-state index in [1.165, 1.54) is 24.3 Å². The van der Waals surface area contributed by atoms with Gasteiger partial charge in [0.05, 0.1) is 6.10 Å². The quantitative estimate of drug-likeness (QED) is 0.834. The van der Waals surface area contributed by atoms with Crippen molar-refractivity contribution in [3.63, 3.8) is 0 Å². The molecule has 1 amide bonds. The summed E-state index contributed by atoms with van der Waals surface area (Å²) in [4.78, 5) is 12.1. The second-order valence-electron chi connectivity index (χ2n) is 6.47. The van der Waals surface area contributed by atoms with Crippen LogP contribution in [0.3, 0.4) is 0 Å². The average molecular weight is 345 g/mol. The molecule has 3 nitrogen and oxygen atoms in total. The van der Waals surface area contributed by atoms with Crippen LogP contribution in [0.25, 0.3) is 0 Å². The molecule has 3 rings (SSSR count). The highest BCUT2D eigenvalue weighted by Crippen LogP contribution is 2.30. The summed E-state index contributed by atoms with van der Waals surface area (Å²) in [6.07, 6.45) is 4.17. The number of rotatable bonds is 5. The van der Waals surface area contributed by atoms with Crippen molar-refractivity contribution in [2.45, 2.75) is 38.2 Å². The zero-order chi connectivity index (χ0) is 17.6. The van der Waals surface area contributed by atoms with Crippen LogP contribution in [0.15, 0.2) is 48.5 Å². The standard InChI is InChI=1S/C20H21F2NO2/c21-15-3-7-17(8-4-15)23-20(24)13-14-1-9-18(10-2-14)25-19-11-5-16(22)6-12-19/h3-8,11-12,14,18H,1-2,9-10,13H2,(H,23,24)/t14-,18-. The molecular weight excluding hydrogens is 324 g/mol. The molecular formula is C20H21F2NO2. The monoisotopic (exact) mass is 345 g/mol. The van der Waals surface area contributed by atoms with E-state index in [9.17, 15) is 13.6 Å². The van der Waals surface area contributed by atoms with Gasteiger partial charge in [0.2, 0.25) is 5.91 Å². The Labute approximate surface area is 146 Å². The Hall–Kier alpha value is -2.43. The molecule has 0 unspecified atom stereocenters. The van der Waals surface area contributed by atoms with Gasteiger partial charge in [0.15, 0.2) is 0 Å². The Balaban J connectivity index is 1.42. The summed E-state index contributed by atoms with van der Waals surface area (Å²) in [6, 6.07) is 11.8. The van der Waals surface area contributed by atoms with Gasteiger partial charge in [0, 0.05) is 12.1 Å². The summed E-state index contributed by atoms with van der Waals surface area (Å²) >= 11 is 0. The van der Waals surface area contributed by atoms with E-state index in [0.29, 0.717) is 23.8 Å². The molecule has 0 bridgehead atoms. The highest BCUT2D eigenvalue weighted by Gasteiger charge is 2.24. The molecule has 0 aliphatic heterocycles. The molecule has 1 aliphatic carbocycles. The number of carbonyl (C=O) groups is 1. The topological polar surface area (TPSA) is 38.3 Å². The number of hydrogen-bond acceptors (Lipinski definition) is 2. The number of benzene rings is 2. The first kappa shape index (κ1) is 17.4. The van der Waals surface area contributed by atoms with E-state index in [4.69, 9.17) is 4.74 Å². The summed E-state index contributed by atoms with van der Waals surface area (Å²) in [6.45, 7) is 0. The smallest absolute Gasteiger partial charge is 0.224 e. The molecule has 25 heavy (non-hydrogen) atoms. The molecule has 1 aliphatic rings. The van der Waals surface area contributed by atoms with E-state index in [1.807, 2.05) is 0 Å². The minimum Gasteiger partial charge on any atom is -0.490 e. The minimum atomic E-state index is -0.322. The maximum atomic E-state index is 12.9. The summed E-state index contributed by atoms with van der Waals surface area (Å²) in [7, 11) is 0. The van der Waals surface area contributed by atoms with Crippen molar-refractivity contribution >= 4 is 11.6 Å². The Morgan fingerprint density at radius 3 is 2.08 bits per heavy atom. The lowest BCUT2D eigenvalue weighted by Crippen LogP contribution is -2.26. The van der Waals surface area contributed by atoms with Crippen molar-refractivity contribution < 1.29 is 18.3 Å². The van der Waals surface area contributed by atoms with E-state index < -0.39 is 0 Å². The molecule has 132 valence electrons. The molecule has 0 saturated heterocycles. The van der Waals surface area contributed by atoms with Crippen LogP contribution >= 0.6 is 0 Å². The number of carbonyl (C=O) groups excluding carboxylic acids is 1. The fourth-order valence-electron chi connectivity index (χ4n) is 3.17. The highest BCUT2D eigenvalue weighted by molar-refractivity contribution is 5.90. The lowest BCUT2D eigenvalue weighted by atomic mass is 9.85. The zero-order valence-electron chi connectivity index (χ0n) is 13.9. The van der Waals surface area contributed by atoms with Gasteiger partial charge in [-0.25, -0.2) is 8.78 Å². The number of nitrogens with one attached hydrogen (secondary N) is 1. The molecule has 0 spiro atoms. The highest BCUT2D eigenvalue weighted by atomic mass is 19.1. The number of anilines is 1. The van der Waals surface area contributed by atoms with Crippen LogP contribution < -0.4 is 10.1 Å². The molecule has 0 radical (unpaired) electrons. The lowest BCUT2D eigenvalue weighted by molar-refractivity contribution is -0.117. The van der Waals surface area contributed by atoms with Crippen LogP contribution in [0.2, 0.25) is 0 Å². The van der Waals surface area contributed by atoms with Gasteiger partial charge < -0.3 is 10.1 Å². The third-order valence-corrected chi connectivity index (χ3v) is 4.51. The van der Waals surface area contributed by atoms with Crippen LogP contribution in [0.1, 0.15) is 32.1 Å². The third-order valence-electron chi connectivity index (χ3n) is 4.51. The molecule has 1 N–H and O–H groups in total. The Morgan fingerprint density at radius 1 is 0.920 bits per heavy atom. The predicted octanol–water partition coefficient (Wildman–Crippen LogP) is 4.93. The summed E-state index contributed by atoms with van der Waals surface area (Å²) < 4.78 is 31.6. The van der Waals surface area contributed by atoms with E-state index in [0.717, 1.165) is 25.7 Å². The van der Waals surface area contributed by atoms with Crippen molar-refractivity contribution in [1.29, 1.82) is 0 Å². The molecule has 0 aromatic heterocycles. The van der Waals surface area contributed by atoms with Crippen molar-refractivity contribution in [2.75, 3.05) is 5.32 Å². The molecule has 0 atom stereocenters. The van der Waals surface area contributed by atoms with E-state index in [2.05, 4.69) is 5.32 Å². The Bertz CT molecular complexity index is 693. The molecule has 5 heteroatoms. The van der Waals surface area contributed by atoms with Gasteiger partial charge in [-0.3, -0.25) is 4.79 Å². The molecule has 2 aromatic rings. The molecule has 0 heterocycles. The fraction of sp³-hybridized carbons (Fsp3) is 0.350. The largest absolute Gasteiger partial charge is 0.490 e. The van der Waals surface area contributed by atoms with Crippen LogP contribution in [-0.4, -0.2) is 12.0 Å². The summed E-state index contributed by atoms with van der Waals surface area (Å²) in [5, 5.41) is 2.80. The second kappa shape index (κ2) is 8.10. The summed E-state index contributed by atoms with van der Waals surface area (Å²) in [5.41, 5.74) is 0.611. The summed E-state index contributed by atoms with van der Waals surface area (Å²) in [5.74, 6) is 0.364. The van der Waals surface area contributed by atoms with Crippen molar-refractivity contribution in [2.24, 2.45) is 5.92 Å². The zero-order valence-corrected chi connectivity index (χ0v) is 13.9. The Kier molecular flexibility index (Phi) is 5.64. The maximum absolute atomic E-state index is 12.9. The molecule has 1 saturated carbocycles.